The first-order valence-electron chi connectivity index (χ1n) is 9.06. The maximum atomic E-state index is 12.1. The molecular formula is C18H34N2O3. The summed E-state index contributed by atoms with van der Waals surface area (Å²) in [6, 6.07) is 0.427. The monoisotopic (exact) mass is 326 g/mol. The maximum Gasteiger partial charge on any atom is 0.410 e. The molecule has 2 N–H and O–H groups in total. The van der Waals surface area contributed by atoms with Crippen LogP contribution in [-0.2, 0) is 4.74 Å². The highest BCUT2D eigenvalue weighted by atomic mass is 16.6. The molecule has 134 valence electrons. The van der Waals surface area contributed by atoms with E-state index in [1.54, 1.807) is 0 Å². The number of carbonyl (C=O) groups is 1. The normalized spacial score (nSPS) is 29.8. The van der Waals surface area contributed by atoms with Crippen LogP contribution >= 0.6 is 0 Å². The molecule has 1 aliphatic carbocycles. The molecule has 2 fully saturated rings. The lowest BCUT2D eigenvalue weighted by Crippen LogP contribution is -2.46. The molecule has 0 radical (unpaired) electrons. The summed E-state index contributed by atoms with van der Waals surface area (Å²) in [4.78, 5) is 13.9. The van der Waals surface area contributed by atoms with Crippen molar-refractivity contribution in [2.45, 2.75) is 71.4 Å². The summed E-state index contributed by atoms with van der Waals surface area (Å²) in [6.07, 6.45) is 5.33. The smallest absolute Gasteiger partial charge is 0.410 e. The zero-order valence-electron chi connectivity index (χ0n) is 15.2. The standard InChI is InChI=1S/C18H34N2O3/c1-17(2,3)23-16(22)20-10-7-14(8-11-20)12-19-15-6-5-9-18(15,4)13-21/h14-15,19,21H,5-13H2,1-4H3. The van der Waals surface area contributed by atoms with Crippen LogP contribution in [0.15, 0.2) is 0 Å². The number of hydrogen-bond acceptors (Lipinski definition) is 4. The van der Waals surface area contributed by atoms with E-state index < -0.39 is 5.60 Å². The van der Waals surface area contributed by atoms with E-state index in [0.29, 0.717) is 12.0 Å². The van der Waals surface area contributed by atoms with Crippen molar-refractivity contribution in [3.05, 3.63) is 0 Å². The second-order valence-electron chi connectivity index (χ2n) is 8.58. The number of piperidine rings is 1. The van der Waals surface area contributed by atoms with Gasteiger partial charge in [-0.05, 0) is 58.9 Å². The van der Waals surface area contributed by atoms with Crippen molar-refractivity contribution in [1.82, 2.24) is 10.2 Å². The van der Waals surface area contributed by atoms with Crippen LogP contribution in [-0.4, -0.2) is 54.0 Å². The molecule has 5 heteroatoms. The maximum absolute atomic E-state index is 12.1. The van der Waals surface area contributed by atoms with Gasteiger partial charge in [-0.25, -0.2) is 4.79 Å². The highest BCUT2D eigenvalue weighted by Crippen LogP contribution is 2.37. The molecule has 0 aromatic heterocycles. The molecule has 5 nitrogen and oxygen atoms in total. The van der Waals surface area contributed by atoms with Gasteiger partial charge in [0.25, 0.3) is 0 Å². The van der Waals surface area contributed by atoms with Crippen LogP contribution in [0.3, 0.4) is 0 Å². The molecule has 0 spiro atoms. The minimum atomic E-state index is -0.424. The Morgan fingerprint density at radius 2 is 1.96 bits per heavy atom. The molecule has 0 bridgehead atoms. The SMILES string of the molecule is CC(C)(C)OC(=O)N1CCC(CNC2CCCC2(C)CO)CC1. The minimum absolute atomic E-state index is 0.0389. The van der Waals surface area contributed by atoms with Gasteiger partial charge in [0.2, 0.25) is 0 Å². The molecule has 2 unspecified atom stereocenters. The predicted octanol–water partition coefficient (Wildman–Crippen LogP) is 2.77. The molecule has 1 amide bonds. The number of rotatable bonds is 4. The van der Waals surface area contributed by atoms with E-state index in [1.165, 1.54) is 6.42 Å². The first-order valence-corrected chi connectivity index (χ1v) is 9.06. The molecule has 2 atom stereocenters. The van der Waals surface area contributed by atoms with Crippen LogP contribution in [0.5, 0.6) is 0 Å². The zero-order valence-corrected chi connectivity index (χ0v) is 15.2. The topological polar surface area (TPSA) is 61.8 Å². The number of nitrogens with one attached hydrogen (secondary N) is 1. The Bertz CT molecular complexity index is 400. The number of aliphatic hydroxyl groups excluding tert-OH is 1. The largest absolute Gasteiger partial charge is 0.444 e. The van der Waals surface area contributed by atoms with Crippen molar-refractivity contribution in [1.29, 1.82) is 0 Å². The van der Waals surface area contributed by atoms with Gasteiger partial charge in [-0.15, -0.1) is 0 Å². The van der Waals surface area contributed by atoms with Gasteiger partial charge < -0.3 is 20.1 Å². The fraction of sp³-hybridized carbons (Fsp3) is 0.944. The molecule has 0 aromatic carbocycles. The van der Waals surface area contributed by atoms with Gasteiger partial charge in [-0.3, -0.25) is 0 Å². The lowest BCUT2D eigenvalue weighted by molar-refractivity contribution is 0.0180. The van der Waals surface area contributed by atoms with E-state index in [1.807, 2.05) is 25.7 Å². The Balaban J connectivity index is 1.72. The average molecular weight is 326 g/mol. The van der Waals surface area contributed by atoms with E-state index in [2.05, 4.69) is 12.2 Å². The summed E-state index contributed by atoms with van der Waals surface area (Å²) in [6.45, 7) is 10.7. The van der Waals surface area contributed by atoms with E-state index in [0.717, 1.165) is 45.3 Å². The van der Waals surface area contributed by atoms with Crippen LogP contribution in [0.2, 0.25) is 0 Å². The third-order valence-corrected chi connectivity index (χ3v) is 5.36. The van der Waals surface area contributed by atoms with E-state index in [4.69, 9.17) is 4.74 Å². The Morgan fingerprint density at radius 1 is 1.30 bits per heavy atom. The van der Waals surface area contributed by atoms with E-state index >= 15 is 0 Å². The van der Waals surface area contributed by atoms with Crippen LogP contribution in [0.25, 0.3) is 0 Å². The van der Waals surface area contributed by atoms with E-state index in [9.17, 15) is 9.90 Å². The summed E-state index contributed by atoms with van der Waals surface area (Å²) < 4.78 is 5.44. The summed E-state index contributed by atoms with van der Waals surface area (Å²) in [5, 5.41) is 13.3. The van der Waals surface area contributed by atoms with Crippen molar-refractivity contribution in [3.8, 4) is 0 Å². The van der Waals surface area contributed by atoms with Crippen molar-refractivity contribution >= 4 is 6.09 Å². The number of nitrogens with zero attached hydrogens (tertiary/aromatic N) is 1. The molecule has 0 aromatic rings. The summed E-state index contributed by atoms with van der Waals surface area (Å²) in [5.74, 6) is 0.609. The molecule has 23 heavy (non-hydrogen) atoms. The second kappa shape index (κ2) is 7.39. The lowest BCUT2D eigenvalue weighted by atomic mass is 9.85. The fourth-order valence-corrected chi connectivity index (χ4v) is 3.73. The minimum Gasteiger partial charge on any atom is -0.444 e. The first kappa shape index (κ1) is 18.5. The lowest BCUT2D eigenvalue weighted by Gasteiger charge is -2.35. The van der Waals surface area contributed by atoms with Gasteiger partial charge >= 0.3 is 6.09 Å². The van der Waals surface area contributed by atoms with Gasteiger partial charge in [-0.2, -0.15) is 0 Å². The van der Waals surface area contributed by atoms with Crippen molar-refractivity contribution in [2.75, 3.05) is 26.2 Å². The molecule has 2 rings (SSSR count). The van der Waals surface area contributed by atoms with Crippen molar-refractivity contribution in [2.24, 2.45) is 11.3 Å². The highest BCUT2D eigenvalue weighted by Gasteiger charge is 2.38. The second-order valence-corrected chi connectivity index (χ2v) is 8.58. The van der Waals surface area contributed by atoms with Crippen LogP contribution in [0.1, 0.15) is 59.8 Å². The molecule has 1 saturated heterocycles. The quantitative estimate of drug-likeness (QED) is 0.834. The Hall–Kier alpha value is -0.810. The molecule has 1 heterocycles. The van der Waals surface area contributed by atoms with Gasteiger partial charge in [0.1, 0.15) is 5.60 Å². The molecule has 1 saturated carbocycles. The van der Waals surface area contributed by atoms with Crippen LogP contribution in [0, 0.1) is 11.3 Å². The van der Waals surface area contributed by atoms with Crippen LogP contribution in [0.4, 0.5) is 4.79 Å². The fourth-order valence-electron chi connectivity index (χ4n) is 3.73. The Kier molecular flexibility index (Phi) is 5.95. The average Bonchev–Trinajstić information content (AvgIpc) is 2.86. The third-order valence-electron chi connectivity index (χ3n) is 5.36. The van der Waals surface area contributed by atoms with Crippen molar-refractivity contribution < 1.29 is 14.6 Å². The molecular weight excluding hydrogens is 292 g/mol. The van der Waals surface area contributed by atoms with Gasteiger partial charge in [0.15, 0.2) is 0 Å². The summed E-state index contributed by atoms with van der Waals surface area (Å²) >= 11 is 0. The number of amides is 1. The van der Waals surface area contributed by atoms with Gasteiger partial charge in [0, 0.05) is 31.2 Å². The van der Waals surface area contributed by atoms with Crippen LogP contribution < -0.4 is 5.32 Å². The number of ether oxygens (including phenoxy) is 1. The third kappa shape index (κ3) is 5.08. The highest BCUT2D eigenvalue weighted by molar-refractivity contribution is 5.68. The molecule has 1 aliphatic heterocycles. The number of aliphatic hydroxyl groups is 1. The molecule has 2 aliphatic rings. The first-order chi connectivity index (χ1) is 10.7. The summed E-state index contributed by atoms with van der Waals surface area (Å²) in [5.41, 5.74) is -0.385. The Labute approximate surface area is 140 Å². The van der Waals surface area contributed by atoms with E-state index in [-0.39, 0.29) is 18.1 Å². The van der Waals surface area contributed by atoms with Gasteiger partial charge in [-0.1, -0.05) is 13.3 Å². The number of hydrogen-bond donors (Lipinski definition) is 2. The summed E-state index contributed by atoms with van der Waals surface area (Å²) in [7, 11) is 0. The Morgan fingerprint density at radius 3 is 2.52 bits per heavy atom. The zero-order chi connectivity index (χ0) is 17.1. The van der Waals surface area contributed by atoms with Crippen molar-refractivity contribution in [3.63, 3.8) is 0 Å². The number of likely N-dealkylation sites (tertiary alicyclic amines) is 1. The predicted molar refractivity (Wildman–Crippen MR) is 91.4 cm³/mol. The number of carbonyl (C=O) groups excluding carboxylic acids is 1. The van der Waals surface area contributed by atoms with Gasteiger partial charge in [0.05, 0.1) is 0 Å².